The molecule has 2 aliphatic rings. The van der Waals surface area contributed by atoms with Crippen molar-refractivity contribution in [2.75, 3.05) is 33.7 Å². The van der Waals surface area contributed by atoms with E-state index in [2.05, 4.69) is 29.6 Å². The minimum atomic E-state index is 0. The van der Waals surface area contributed by atoms with Gasteiger partial charge >= 0.3 is 0 Å². The largest absolute Gasteiger partial charge is 0.354 e. The van der Waals surface area contributed by atoms with Crippen molar-refractivity contribution in [3.05, 3.63) is 0 Å². The third-order valence-electron chi connectivity index (χ3n) is 4.74. The van der Waals surface area contributed by atoms with Crippen LogP contribution in [0.2, 0.25) is 0 Å². The second-order valence-corrected chi connectivity index (χ2v) is 6.09. The summed E-state index contributed by atoms with van der Waals surface area (Å²) in [5.74, 6) is 0.426. The van der Waals surface area contributed by atoms with E-state index in [0.29, 0.717) is 0 Å². The molecule has 2 rings (SSSR count). The molecule has 0 bridgehead atoms. The Morgan fingerprint density at radius 3 is 2.40 bits per heavy atom. The normalized spacial score (nSPS) is 24.6. The molecule has 0 aromatic rings. The topological polar surface area (TPSA) is 44.4 Å². The Hall–Kier alpha value is -0.0300. The summed E-state index contributed by atoms with van der Waals surface area (Å²) in [6.45, 7) is 2.72. The molecule has 1 saturated carbocycles. The van der Waals surface area contributed by atoms with E-state index in [0.717, 1.165) is 32.5 Å². The molecule has 6 heteroatoms. The zero-order valence-electron chi connectivity index (χ0n) is 12.6. The molecule has 4 nitrogen and oxygen atoms in total. The van der Waals surface area contributed by atoms with E-state index in [4.69, 9.17) is 0 Å². The summed E-state index contributed by atoms with van der Waals surface area (Å²) in [4.78, 5) is 14.5. The number of hydrogen-bond acceptors (Lipinski definition) is 3. The molecule has 2 fully saturated rings. The van der Waals surface area contributed by atoms with Gasteiger partial charge in [0, 0.05) is 18.6 Å². The maximum absolute atomic E-state index is 12.2. The van der Waals surface area contributed by atoms with Crippen LogP contribution in [0.15, 0.2) is 0 Å². The summed E-state index contributed by atoms with van der Waals surface area (Å²) < 4.78 is 0. The number of amides is 1. The van der Waals surface area contributed by atoms with Crippen LogP contribution in [0.5, 0.6) is 0 Å². The molecule has 1 amide bonds. The average Bonchev–Trinajstić information content (AvgIpc) is 2.87. The number of halogens is 2. The van der Waals surface area contributed by atoms with Gasteiger partial charge in [0.25, 0.3) is 0 Å². The molecular weight excluding hydrogens is 297 g/mol. The van der Waals surface area contributed by atoms with Crippen LogP contribution in [0.4, 0.5) is 0 Å². The van der Waals surface area contributed by atoms with Crippen LogP contribution < -0.4 is 10.6 Å². The maximum Gasteiger partial charge on any atom is 0.224 e. The SMILES string of the molecule is CN(C)C1(CNC(=O)C2CCCNC2)CCCC1.Cl.Cl. The fourth-order valence-corrected chi connectivity index (χ4v) is 3.29. The second-order valence-electron chi connectivity index (χ2n) is 6.09. The Morgan fingerprint density at radius 1 is 1.25 bits per heavy atom. The Morgan fingerprint density at radius 2 is 1.90 bits per heavy atom. The molecule has 0 spiro atoms. The lowest BCUT2D eigenvalue weighted by Gasteiger charge is -2.37. The first-order valence-electron chi connectivity index (χ1n) is 7.30. The van der Waals surface area contributed by atoms with Crippen LogP contribution in [-0.4, -0.2) is 50.1 Å². The molecule has 1 atom stereocenters. The van der Waals surface area contributed by atoms with Crippen LogP contribution >= 0.6 is 24.8 Å². The molecule has 1 heterocycles. The first kappa shape index (κ1) is 20.0. The van der Waals surface area contributed by atoms with Gasteiger partial charge in [0.1, 0.15) is 0 Å². The average molecular weight is 326 g/mol. The van der Waals surface area contributed by atoms with Crippen molar-refractivity contribution in [1.29, 1.82) is 0 Å². The van der Waals surface area contributed by atoms with Gasteiger partial charge in [-0.1, -0.05) is 12.8 Å². The second kappa shape index (κ2) is 9.08. The summed E-state index contributed by atoms with van der Waals surface area (Å²) in [6, 6.07) is 0. The van der Waals surface area contributed by atoms with Crippen molar-refractivity contribution in [2.45, 2.75) is 44.1 Å². The smallest absolute Gasteiger partial charge is 0.224 e. The van der Waals surface area contributed by atoms with E-state index in [1.807, 2.05) is 0 Å². The van der Waals surface area contributed by atoms with Crippen LogP contribution in [0.25, 0.3) is 0 Å². The number of rotatable bonds is 4. The van der Waals surface area contributed by atoms with Gasteiger partial charge in [0.05, 0.1) is 5.92 Å². The molecule has 0 aromatic carbocycles. The molecule has 1 saturated heterocycles. The molecular formula is C14H29Cl2N3O. The molecule has 0 aromatic heterocycles. The van der Waals surface area contributed by atoms with Crippen LogP contribution in [-0.2, 0) is 4.79 Å². The number of carbonyl (C=O) groups excluding carboxylic acids is 1. The van der Waals surface area contributed by atoms with Crippen molar-refractivity contribution in [2.24, 2.45) is 5.92 Å². The molecule has 1 aliphatic heterocycles. The number of carbonyl (C=O) groups is 1. The van der Waals surface area contributed by atoms with E-state index in [1.54, 1.807) is 0 Å². The minimum absolute atomic E-state index is 0. The van der Waals surface area contributed by atoms with E-state index < -0.39 is 0 Å². The van der Waals surface area contributed by atoms with Gasteiger partial charge in [-0.25, -0.2) is 0 Å². The molecule has 0 radical (unpaired) electrons. The summed E-state index contributed by atoms with van der Waals surface area (Å²) in [5.41, 5.74) is 0.206. The molecule has 20 heavy (non-hydrogen) atoms. The Balaban J connectivity index is 0.00000180. The Kier molecular flexibility index (Phi) is 9.07. The first-order valence-corrected chi connectivity index (χ1v) is 7.30. The fourth-order valence-electron chi connectivity index (χ4n) is 3.29. The zero-order chi connectivity index (χ0) is 13.0. The highest BCUT2D eigenvalue weighted by Crippen LogP contribution is 2.33. The summed E-state index contributed by atoms with van der Waals surface area (Å²) in [5, 5.41) is 6.50. The number of nitrogens with zero attached hydrogens (tertiary/aromatic N) is 1. The summed E-state index contributed by atoms with van der Waals surface area (Å²) in [7, 11) is 4.28. The predicted octanol–water partition coefficient (Wildman–Crippen LogP) is 1.82. The van der Waals surface area contributed by atoms with Gasteiger partial charge in [-0.2, -0.15) is 0 Å². The Bertz CT molecular complexity index is 288. The van der Waals surface area contributed by atoms with Crippen LogP contribution in [0, 0.1) is 5.92 Å². The lowest BCUT2D eigenvalue weighted by molar-refractivity contribution is -0.126. The number of likely N-dealkylation sites (N-methyl/N-ethyl adjacent to an activating group) is 1. The third kappa shape index (κ3) is 4.76. The van der Waals surface area contributed by atoms with Gasteiger partial charge in [0.15, 0.2) is 0 Å². The van der Waals surface area contributed by atoms with Crippen LogP contribution in [0.3, 0.4) is 0 Å². The van der Waals surface area contributed by atoms with Crippen molar-refractivity contribution in [3.63, 3.8) is 0 Å². The van der Waals surface area contributed by atoms with Gasteiger partial charge < -0.3 is 15.5 Å². The molecule has 1 aliphatic carbocycles. The van der Waals surface area contributed by atoms with Gasteiger partial charge in [-0.3, -0.25) is 4.79 Å². The third-order valence-corrected chi connectivity index (χ3v) is 4.74. The van der Waals surface area contributed by atoms with Crippen molar-refractivity contribution in [3.8, 4) is 0 Å². The summed E-state index contributed by atoms with van der Waals surface area (Å²) >= 11 is 0. The van der Waals surface area contributed by atoms with Crippen molar-refractivity contribution < 1.29 is 4.79 Å². The summed E-state index contributed by atoms with van der Waals surface area (Å²) in [6.07, 6.45) is 7.16. The van der Waals surface area contributed by atoms with Crippen molar-refractivity contribution in [1.82, 2.24) is 15.5 Å². The lowest BCUT2D eigenvalue weighted by Crippen LogP contribution is -2.52. The van der Waals surface area contributed by atoms with Crippen molar-refractivity contribution >= 4 is 30.7 Å². The molecule has 1 unspecified atom stereocenters. The highest BCUT2D eigenvalue weighted by atomic mass is 35.5. The zero-order valence-corrected chi connectivity index (χ0v) is 14.2. The minimum Gasteiger partial charge on any atom is -0.354 e. The maximum atomic E-state index is 12.2. The number of piperidine rings is 1. The number of nitrogens with one attached hydrogen (secondary N) is 2. The van der Waals surface area contributed by atoms with Gasteiger partial charge in [-0.05, 0) is 46.3 Å². The number of hydrogen-bond donors (Lipinski definition) is 2. The highest BCUT2D eigenvalue weighted by Gasteiger charge is 2.36. The standard InChI is InChI=1S/C14H27N3O.2ClH/c1-17(2)14(7-3-4-8-14)11-16-13(18)12-6-5-9-15-10-12;;/h12,15H,3-11H2,1-2H3,(H,16,18);2*1H. The van der Waals surface area contributed by atoms with E-state index in [9.17, 15) is 4.79 Å². The first-order chi connectivity index (χ1) is 8.64. The Labute approximate surface area is 135 Å². The lowest BCUT2D eigenvalue weighted by atomic mass is 9.94. The van der Waals surface area contributed by atoms with E-state index in [1.165, 1.54) is 25.7 Å². The van der Waals surface area contributed by atoms with E-state index in [-0.39, 0.29) is 42.2 Å². The van der Waals surface area contributed by atoms with Gasteiger partial charge in [-0.15, -0.1) is 24.8 Å². The van der Waals surface area contributed by atoms with E-state index >= 15 is 0 Å². The van der Waals surface area contributed by atoms with Gasteiger partial charge in [0.2, 0.25) is 5.91 Å². The monoisotopic (exact) mass is 325 g/mol. The predicted molar refractivity (Wildman–Crippen MR) is 88.0 cm³/mol. The molecule has 120 valence electrons. The van der Waals surface area contributed by atoms with Crippen LogP contribution in [0.1, 0.15) is 38.5 Å². The quantitative estimate of drug-likeness (QED) is 0.828. The highest BCUT2D eigenvalue weighted by molar-refractivity contribution is 5.85. The fraction of sp³-hybridized carbons (Fsp3) is 0.929. The molecule has 2 N–H and O–H groups in total.